The standard InChI is InChI=1S/C14H17NO6/c1-21-12(9-5-3-2-4-6-9)13(18)15-10(14(19)20)7-8-11(16)17/h2-6,10,12H,7-8H2,1H3,(H,15,18)(H,16,17)(H,19,20). The van der Waals surface area contributed by atoms with E-state index in [0.29, 0.717) is 5.56 Å². The van der Waals surface area contributed by atoms with Crippen LogP contribution in [0, 0.1) is 0 Å². The van der Waals surface area contributed by atoms with Gasteiger partial charge in [0.2, 0.25) is 0 Å². The van der Waals surface area contributed by atoms with E-state index in [1.807, 2.05) is 0 Å². The Kier molecular flexibility index (Phi) is 6.35. The largest absolute Gasteiger partial charge is 0.481 e. The number of nitrogens with one attached hydrogen (secondary N) is 1. The van der Waals surface area contributed by atoms with Gasteiger partial charge in [0.05, 0.1) is 0 Å². The lowest BCUT2D eigenvalue weighted by molar-refractivity contribution is -0.145. The van der Waals surface area contributed by atoms with Gasteiger partial charge >= 0.3 is 11.9 Å². The maximum absolute atomic E-state index is 12.1. The predicted molar refractivity (Wildman–Crippen MR) is 72.6 cm³/mol. The minimum absolute atomic E-state index is 0.193. The summed E-state index contributed by atoms with van der Waals surface area (Å²) in [4.78, 5) is 33.6. The number of carboxylic acid groups (broad SMARTS) is 2. The maximum atomic E-state index is 12.1. The Hall–Kier alpha value is -2.41. The van der Waals surface area contributed by atoms with Gasteiger partial charge in [0.15, 0.2) is 6.10 Å². The molecule has 2 atom stereocenters. The van der Waals surface area contributed by atoms with Crippen LogP contribution in [0.2, 0.25) is 0 Å². The van der Waals surface area contributed by atoms with E-state index >= 15 is 0 Å². The van der Waals surface area contributed by atoms with Gasteiger partial charge in [-0.3, -0.25) is 9.59 Å². The highest BCUT2D eigenvalue weighted by atomic mass is 16.5. The molecule has 0 aliphatic heterocycles. The third kappa shape index (κ3) is 5.23. The summed E-state index contributed by atoms with van der Waals surface area (Å²) in [6, 6.07) is 7.33. The molecule has 2 unspecified atom stereocenters. The van der Waals surface area contributed by atoms with Crippen LogP contribution >= 0.6 is 0 Å². The molecule has 1 amide bonds. The fourth-order valence-corrected chi connectivity index (χ4v) is 1.79. The Balaban J connectivity index is 2.75. The molecule has 1 aromatic carbocycles. The third-order valence-electron chi connectivity index (χ3n) is 2.84. The van der Waals surface area contributed by atoms with Gasteiger partial charge < -0.3 is 20.3 Å². The van der Waals surface area contributed by atoms with Crippen molar-refractivity contribution in [2.45, 2.75) is 25.0 Å². The number of benzene rings is 1. The van der Waals surface area contributed by atoms with Gasteiger partial charge in [0.25, 0.3) is 5.91 Å². The zero-order valence-electron chi connectivity index (χ0n) is 11.5. The smallest absolute Gasteiger partial charge is 0.326 e. The lowest BCUT2D eigenvalue weighted by atomic mass is 10.1. The Labute approximate surface area is 121 Å². The lowest BCUT2D eigenvalue weighted by Crippen LogP contribution is -2.43. The Morgan fingerprint density at radius 1 is 1.19 bits per heavy atom. The molecule has 0 spiro atoms. The summed E-state index contributed by atoms with van der Waals surface area (Å²) in [5, 5.41) is 19.9. The quantitative estimate of drug-likeness (QED) is 0.654. The second kappa shape index (κ2) is 8.01. The summed E-state index contributed by atoms with van der Waals surface area (Å²) in [6.45, 7) is 0. The second-order valence-electron chi connectivity index (χ2n) is 4.36. The molecule has 7 nitrogen and oxygen atoms in total. The topological polar surface area (TPSA) is 113 Å². The molecule has 0 radical (unpaired) electrons. The van der Waals surface area contributed by atoms with Crippen molar-refractivity contribution in [3.05, 3.63) is 35.9 Å². The third-order valence-corrected chi connectivity index (χ3v) is 2.84. The SMILES string of the molecule is COC(C(=O)NC(CCC(=O)O)C(=O)O)c1ccccc1. The van der Waals surface area contributed by atoms with Crippen molar-refractivity contribution < 1.29 is 29.3 Å². The monoisotopic (exact) mass is 295 g/mol. The molecule has 0 aromatic heterocycles. The molecule has 1 aromatic rings. The highest BCUT2D eigenvalue weighted by Gasteiger charge is 2.26. The lowest BCUT2D eigenvalue weighted by Gasteiger charge is -2.19. The molecular formula is C14H17NO6. The van der Waals surface area contributed by atoms with Crippen molar-refractivity contribution in [3.63, 3.8) is 0 Å². The molecule has 0 saturated carbocycles. The van der Waals surface area contributed by atoms with E-state index in [0.717, 1.165) is 0 Å². The number of aliphatic carboxylic acids is 2. The minimum Gasteiger partial charge on any atom is -0.481 e. The zero-order valence-corrected chi connectivity index (χ0v) is 11.5. The van der Waals surface area contributed by atoms with Crippen LogP contribution in [-0.4, -0.2) is 41.2 Å². The molecule has 21 heavy (non-hydrogen) atoms. The van der Waals surface area contributed by atoms with Crippen LogP contribution in [0.25, 0.3) is 0 Å². The van der Waals surface area contributed by atoms with Gasteiger partial charge in [-0.1, -0.05) is 30.3 Å². The minimum atomic E-state index is -1.28. The van der Waals surface area contributed by atoms with Crippen LogP contribution in [0.3, 0.4) is 0 Å². The molecule has 7 heteroatoms. The number of methoxy groups -OCH3 is 1. The van der Waals surface area contributed by atoms with Crippen molar-refractivity contribution in [2.75, 3.05) is 7.11 Å². The van der Waals surface area contributed by atoms with E-state index in [1.165, 1.54) is 7.11 Å². The van der Waals surface area contributed by atoms with Crippen molar-refractivity contribution in [1.82, 2.24) is 5.32 Å². The van der Waals surface area contributed by atoms with Crippen LogP contribution in [-0.2, 0) is 19.1 Å². The molecule has 114 valence electrons. The van der Waals surface area contributed by atoms with Crippen molar-refractivity contribution in [1.29, 1.82) is 0 Å². The summed E-state index contributed by atoms with van der Waals surface area (Å²) in [7, 11) is 1.34. The molecule has 0 aliphatic carbocycles. The first-order valence-corrected chi connectivity index (χ1v) is 6.28. The number of carbonyl (C=O) groups excluding carboxylic acids is 1. The van der Waals surface area contributed by atoms with E-state index < -0.39 is 30.0 Å². The molecule has 0 heterocycles. The molecule has 3 N–H and O–H groups in total. The first kappa shape index (κ1) is 16.6. The van der Waals surface area contributed by atoms with Crippen molar-refractivity contribution >= 4 is 17.8 Å². The number of carboxylic acids is 2. The summed E-state index contributed by atoms with van der Waals surface area (Å²) >= 11 is 0. The fourth-order valence-electron chi connectivity index (χ4n) is 1.79. The number of hydrogen-bond donors (Lipinski definition) is 3. The fraction of sp³-hybridized carbons (Fsp3) is 0.357. The summed E-state index contributed by atoms with van der Waals surface area (Å²) in [5.74, 6) is -3.03. The van der Waals surface area contributed by atoms with Gasteiger partial charge in [-0.25, -0.2) is 4.79 Å². The van der Waals surface area contributed by atoms with Crippen LogP contribution in [0.4, 0.5) is 0 Å². The maximum Gasteiger partial charge on any atom is 0.326 e. The zero-order chi connectivity index (χ0) is 15.8. The van der Waals surface area contributed by atoms with Crippen LogP contribution in [0.1, 0.15) is 24.5 Å². The second-order valence-corrected chi connectivity index (χ2v) is 4.36. The van der Waals surface area contributed by atoms with Crippen molar-refractivity contribution in [3.8, 4) is 0 Å². The van der Waals surface area contributed by atoms with Crippen LogP contribution in [0.5, 0.6) is 0 Å². The summed E-state index contributed by atoms with van der Waals surface area (Å²) in [6.07, 6.45) is -1.49. The first-order valence-electron chi connectivity index (χ1n) is 6.28. The molecular weight excluding hydrogens is 278 g/mol. The average molecular weight is 295 g/mol. The van der Waals surface area contributed by atoms with Gasteiger partial charge in [0, 0.05) is 13.5 Å². The van der Waals surface area contributed by atoms with E-state index in [4.69, 9.17) is 14.9 Å². The van der Waals surface area contributed by atoms with Crippen LogP contribution in [0.15, 0.2) is 30.3 Å². The van der Waals surface area contributed by atoms with Gasteiger partial charge in [-0.05, 0) is 12.0 Å². The number of carbonyl (C=O) groups is 3. The molecule has 0 saturated heterocycles. The summed E-state index contributed by atoms with van der Waals surface area (Å²) < 4.78 is 5.08. The number of rotatable bonds is 8. The predicted octanol–water partition coefficient (Wildman–Crippen LogP) is 0.808. The van der Waals surface area contributed by atoms with Crippen molar-refractivity contribution in [2.24, 2.45) is 0 Å². The summed E-state index contributed by atoms with van der Waals surface area (Å²) in [5.41, 5.74) is 0.583. The Bertz CT molecular complexity index is 501. The van der Waals surface area contributed by atoms with E-state index in [-0.39, 0.29) is 12.8 Å². The Morgan fingerprint density at radius 2 is 1.81 bits per heavy atom. The number of ether oxygens (including phenoxy) is 1. The first-order chi connectivity index (χ1) is 9.95. The molecule has 1 rings (SSSR count). The van der Waals surface area contributed by atoms with Crippen LogP contribution < -0.4 is 5.32 Å². The molecule has 0 fully saturated rings. The highest BCUT2D eigenvalue weighted by Crippen LogP contribution is 2.16. The van der Waals surface area contributed by atoms with Gasteiger partial charge in [-0.2, -0.15) is 0 Å². The average Bonchev–Trinajstić information content (AvgIpc) is 2.44. The normalized spacial score (nSPS) is 13.2. The van der Waals surface area contributed by atoms with Gasteiger partial charge in [0.1, 0.15) is 6.04 Å². The van der Waals surface area contributed by atoms with E-state index in [1.54, 1.807) is 30.3 Å². The number of hydrogen-bond acceptors (Lipinski definition) is 4. The van der Waals surface area contributed by atoms with Gasteiger partial charge in [-0.15, -0.1) is 0 Å². The molecule has 0 aliphatic rings. The Morgan fingerprint density at radius 3 is 2.29 bits per heavy atom. The van der Waals surface area contributed by atoms with E-state index in [9.17, 15) is 14.4 Å². The number of amides is 1. The molecule has 0 bridgehead atoms. The highest BCUT2D eigenvalue weighted by molar-refractivity contribution is 5.87. The van der Waals surface area contributed by atoms with E-state index in [2.05, 4.69) is 5.32 Å².